The van der Waals surface area contributed by atoms with Crippen molar-refractivity contribution in [3.8, 4) is 0 Å². The van der Waals surface area contributed by atoms with Crippen LogP contribution in [0.5, 0.6) is 0 Å². The second-order valence-electron chi connectivity index (χ2n) is 4.45. The summed E-state index contributed by atoms with van der Waals surface area (Å²) in [5.41, 5.74) is 6.93. The second-order valence-corrected chi connectivity index (χ2v) is 4.45. The summed E-state index contributed by atoms with van der Waals surface area (Å²) in [6.45, 7) is 1.14. The van der Waals surface area contributed by atoms with Crippen LogP contribution in [0.3, 0.4) is 0 Å². The molecule has 0 aromatic carbocycles. The molecule has 2 N–H and O–H groups in total. The highest BCUT2D eigenvalue weighted by atomic mass is 16.5. The summed E-state index contributed by atoms with van der Waals surface area (Å²) in [5.74, 6) is 0. The van der Waals surface area contributed by atoms with Crippen molar-refractivity contribution >= 4 is 0 Å². The molecular formula is C10H18N4O. The van der Waals surface area contributed by atoms with Gasteiger partial charge in [-0.05, 0) is 12.8 Å². The fourth-order valence-electron chi connectivity index (χ4n) is 2.04. The molecule has 0 bridgehead atoms. The molecule has 1 aliphatic rings. The number of aromatic nitrogens is 3. The Hall–Kier alpha value is -0.940. The van der Waals surface area contributed by atoms with Gasteiger partial charge in [-0.25, -0.2) is 0 Å². The highest BCUT2D eigenvalue weighted by Gasteiger charge is 2.29. The fraction of sp³-hybridized carbons (Fsp3) is 0.800. The molecule has 0 spiro atoms. The van der Waals surface area contributed by atoms with E-state index in [0.29, 0.717) is 13.2 Å². The summed E-state index contributed by atoms with van der Waals surface area (Å²) in [6, 6.07) is 0. The van der Waals surface area contributed by atoms with Crippen molar-refractivity contribution in [3.63, 3.8) is 0 Å². The van der Waals surface area contributed by atoms with Crippen LogP contribution in [0.15, 0.2) is 6.20 Å². The molecule has 1 heterocycles. The quantitative estimate of drug-likeness (QED) is 0.790. The van der Waals surface area contributed by atoms with Crippen molar-refractivity contribution in [1.82, 2.24) is 15.0 Å². The number of ether oxygens (including phenoxy) is 1. The van der Waals surface area contributed by atoms with Crippen molar-refractivity contribution in [2.45, 2.75) is 37.8 Å². The smallest absolute Gasteiger partial charge is 0.108 e. The lowest BCUT2D eigenvalue weighted by atomic mass is 10.0. The normalized spacial score (nSPS) is 19.6. The van der Waals surface area contributed by atoms with E-state index in [1.165, 1.54) is 12.8 Å². The summed E-state index contributed by atoms with van der Waals surface area (Å²) in [6.07, 6.45) is 6.47. The summed E-state index contributed by atoms with van der Waals surface area (Å²) in [5, 5.41) is 7.79. The van der Waals surface area contributed by atoms with Crippen molar-refractivity contribution in [3.05, 3.63) is 11.9 Å². The largest absolute Gasteiger partial charge is 0.373 e. The number of nitrogens with zero attached hydrogens (tertiary/aromatic N) is 3. The molecule has 5 nitrogen and oxygen atoms in total. The maximum atomic E-state index is 6.16. The fourth-order valence-corrected chi connectivity index (χ4v) is 2.04. The highest BCUT2D eigenvalue weighted by Crippen LogP contribution is 2.27. The molecule has 0 atom stereocenters. The van der Waals surface area contributed by atoms with Crippen LogP contribution in [0.1, 0.15) is 31.4 Å². The standard InChI is InChI=1S/C10H18N4O/c1-14-6-9(12-13-14)7-15-8-10(11)4-2-3-5-10/h6H,2-5,7-8,11H2,1H3. The maximum Gasteiger partial charge on any atom is 0.108 e. The van der Waals surface area contributed by atoms with Gasteiger partial charge in [0, 0.05) is 12.6 Å². The zero-order valence-corrected chi connectivity index (χ0v) is 9.15. The molecule has 0 saturated heterocycles. The molecule has 1 aromatic heterocycles. The Morgan fingerprint density at radius 3 is 2.87 bits per heavy atom. The predicted octanol–water partition coefficient (Wildman–Crippen LogP) is 0.603. The number of aryl methyl sites for hydroxylation is 1. The van der Waals surface area contributed by atoms with Crippen molar-refractivity contribution in [1.29, 1.82) is 0 Å². The molecule has 0 radical (unpaired) electrons. The highest BCUT2D eigenvalue weighted by molar-refractivity contribution is 4.91. The summed E-state index contributed by atoms with van der Waals surface area (Å²) >= 11 is 0. The lowest BCUT2D eigenvalue weighted by Gasteiger charge is -2.22. The zero-order valence-electron chi connectivity index (χ0n) is 9.15. The number of hydrogen-bond acceptors (Lipinski definition) is 4. The molecule has 84 valence electrons. The first kappa shape index (κ1) is 10.6. The van der Waals surface area contributed by atoms with Gasteiger partial charge in [0.05, 0.1) is 19.4 Å². The summed E-state index contributed by atoms with van der Waals surface area (Å²) in [7, 11) is 1.85. The Bertz CT molecular complexity index is 317. The van der Waals surface area contributed by atoms with Gasteiger partial charge in [0.25, 0.3) is 0 Å². The summed E-state index contributed by atoms with van der Waals surface area (Å²) < 4.78 is 7.25. The lowest BCUT2D eigenvalue weighted by Crippen LogP contribution is -2.41. The predicted molar refractivity (Wildman–Crippen MR) is 56.0 cm³/mol. The third-order valence-electron chi connectivity index (χ3n) is 2.89. The van der Waals surface area contributed by atoms with Crippen LogP contribution in [0.2, 0.25) is 0 Å². The van der Waals surface area contributed by atoms with Crippen molar-refractivity contribution < 1.29 is 4.74 Å². The van der Waals surface area contributed by atoms with Gasteiger partial charge in [0.2, 0.25) is 0 Å². The summed E-state index contributed by atoms with van der Waals surface area (Å²) in [4.78, 5) is 0. The van der Waals surface area contributed by atoms with Crippen LogP contribution in [0, 0.1) is 0 Å². The van der Waals surface area contributed by atoms with Crippen LogP contribution in [-0.4, -0.2) is 27.1 Å². The van der Waals surface area contributed by atoms with Crippen LogP contribution in [0.4, 0.5) is 0 Å². The Morgan fingerprint density at radius 1 is 1.53 bits per heavy atom. The molecule has 15 heavy (non-hydrogen) atoms. The lowest BCUT2D eigenvalue weighted by molar-refractivity contribution is 0.0731. The van der Waals surface area contributed by atoms with Crippen LogP contribution < -0.4 is 5.73 Å². The van der Waals surface area contributed by atoms with Gasteiger partial charge in [-0.3, -0.25) is 4.68 Å². The van der Waals surface area contributed by atoms with E-state index in [1.54, 1.807) is 4.68 Å². The average molecular weight is 210 g/mol. The molecule has 1 saturated carbocycles. The van der Waals surface area contributed by atoms with E-state index in [0.717, 1.165) is 18.5 Å². The second kappa shape index (κ2) is 4.28. The van der Waals surface area contributed by atoms with Crippen LogP contribution in [0.25, 0.3) is 0 Å². The van der Waals surface area contributed by atoms with Gasteiger partial charge in [0.15, 0.2) is 0 Å². The van der Waals surface area contributed by atoms with Gasteiger partial charge in [-0.15, -0.1) is 5.10 Å². The SMILES string of the molecule is Cn1cc(COCC2(N)CCCC2)nn1. The number of hydrogen-bond donors (Lipinski definition) is 1. The minimum Gasteiger partial charge on any atom is -0.373 e. The van der Waals surface area contributed by atoms with Gasteiger partial charge in [-0.2, -0.15) is 0 Å². The average Bonchev–Trinajstić information content (AvgIpc) is 2.76. The number of rotatable bonds is 4. The van der Waals surface area contributed by atoms with Gasteiger partial charge in [-0.1, -0.05) is 18.1 Å². The van der Waals surface area contributed by atoms with E-state index in [1.807, 2.05) is 13.2 Å². The van der Waals surface area contributed by atoms with Gasteiger partial charge < -0.3 is 10.5 Å². The third-order valence-corrected chi connectivity index (χ3v) is 2.89. The Morgan fingerprint density at radius 2 is 2.27 bits per heavy atom. The molecule has 0 aliphatic heterocycles. The van der Waals surface area contributed by atoms with Crippen molar-refractivity contribution in [2.75, 3.05) is 6.61 Å². The van der Waals surface area contributed by atoms with E-state index in [9.17, 15) is 0 Å². The number of nitrogens with two attached hydrogens (primary N) is 1. The zero-order chi connectivity index (χ0) is 10.7. The van der Waals surface area contributed by atoms with Gasteiger partial charge >= 0.3 is 0 Å². The topological polar surface area (TPSA) is 66.0 Å². The van der Waals surface area contributed by atoms with Crippen LogP contribution >= 0.6 is 0 Å². The molecule has 5 heteroatoms. The molecule has 0 unspecified atom stereocenters. The van der Waals surface area contributed by atoms with E-state index in [-0.39, 0.29) is 5.54 Å². The molecule has 1 aromatic rings. The molecule has 0 amide bonds. The van der Waals surface area contributed by atoms with E-state index in [4.69, 9.17) is 10.5 Å². The third kappa shape index (κ3) is 2.76. The molecular weight excluding hydrogens is 192 g/mol. The Kier molecular flexibility index (Phi) is 3.02. The first-order valence-corrected chi connectivity index (χ1v) is 5.40. The monoisotopic (exact) mass is 210 g/mol. The molecule has 1 aliphatic carbocycles. The minimum absolute atomic E-state index is 0.0950. The van der Waals surface area contributed by atoms with Crippen LogP contribution in [-0.2, 0) is 18.4 Å². The Balaban J connectivity index is 1.75. The van der Waals surface area contributed by atoms with Crippen molar-refractivity contribution in [2.24, 2.45) is 12.8 Å². The van der Waals surface area contributed by atoms with E-state index < -0.39 is 0 Å². The minimum atomic E-state index is -0.0950. The molecule has 2 rings (SSSR count). The molecule has 1 fully saturated rings. The first-order chi connectivity index (χ1) is 7.18. The maximum absolute atomic E-state index is 6.16. The van der Waals surface area contributed by atoms with E-state index >= 15 is 0 Å². The van der Waals surface area contributed by atoms with E-state index in [2.05, 4.69) is 10.3 Å². The van der Waals surface area contributed by atoms with Gasteiger partial charge in [0.1, 0.15) is 5.69 Å². The Labute approximate surface area is 89.6 Å². The first-order valence-electron chi connectivity index (χ1n) is 5.40.